The van der Waals surface area contributed by atoms with E-state index in [1.165, 1.54) is 5.56 Å². The van der Waals surface area contributed by atoms with E-state index in [4.69, 9.17) is 9.26 Å². The van der Waals surface area contributed by atoms with Gasteiger partial charge in [-0.05, 0) is 26.1 Å². The molecule has 2 aromatic rings. The largest absolute Gasteiger partial charge is 0.389 e. The van der Waals surface area contributed by atoms with Crippen molar-refractivity contribution < 1.29 is 14.4 Å². The smallest absolute Gasteiger partial charge is 0.257 e. The lowest BCUT2D eigenvalue weighted by atomic mass is 10.1. The van der Waals surface area contributed by atoms with Crippen LogP contribution in [0.3, 0.4) is 0 Å². The molecule has 0 aliphatic heterocycles. The van der Waals surface area contributed by atoms with E-state index in [1.807, 2.05) is 43.1 Å². The monoisotopic (exact) mass is 291 g/mol. The number of likely N-dealkylation sites (N-methyl/N-ethyl adjacent to an activating group) is 1. The predicted molar refractivity (Wildman–Crippen MR) is 78.7 cm³/mol. The third-order valence-corrected chi connectivity index (χ3v) is 3.06. The van der Waals surface area contributed by atoms with Crippen LogP contribution in [0.2, 0.25) is 0 Å². The van der Waals surface area contributed by atoms with Crippen LogP contribution in [0.15, 0.2) is 28.8 Å². The summed E-state index contributed by atoms with van der Waals surface area (Å²) in [5, 5.41) is 13.6. The Hall–Kier alpha value is -1.76. The van der Waals surface area contributed by atoms with Crippen molar-refractivity contribution in [1.29, 1.82) is 0 Å². The zero-order valence-electron chi connectivity index (χ0n) is 12.6. The molecule has 0 aliphatic carbocycles. The number of hydrogen-bond acceptors (Lipinski definition) is 6. The maximum atomic E-state index is 9.68. The van der Waals surface area contributed by atoms with Gasteiger partial charge in [-0.25, -0.2) is 0 Å². The van der Waals surface area contributed by atoms with Crippen molar-refractivity contribution in [2.24, 2.45) is 0 Å². The molecule has 21 heavy (non-hydrogen) atoms. The van der Waals surface area contributed by atoms with Crippen molar-refractivity contribution in [3.05, 3.63) is 35.7 Å². The van der Waals surface area contributed by atoms with E-state index in [0.717, 1.165) is 5.56 Å². The molecule has 0 saturated heterocycles. The van der Waals surface area contributed by atoms with E-state index in [1.54, 1.807) is 7.11 Å². The molecule has 6 heteroatoms. The summed E-state index contributed by atoms with van der Waals surface area (Å²) in [5.74, 6) is 1.11. The number of hydrogen-bond donors (Lipinski definition) is 1. The highest BCUT2D eigenvalue weighted by atomic mass is 16.5. The number of aromatic nitrogens is 2. The van der Waals surface area contributed by atoms with Gasteiger partial charge in [0.25, 0.3) is 5.89 Å². The second-order valence-electron chi connectivity index (χ2n) is 5.19. The number of benzene rings is 1. The van der Waals surface area contributed by atoms with Gasteiger partial charge in [-0.15, -0.1) is 0 Å². The number of methoxy groups -OCH3 is 1. The molecule has 1 aromatic heterocycles. The van der Waals surface area contributed by atoms with Gasteiger partial charge in [0, 0.05) is 19.2 Å². The highest BCUT2D eigenvalue weighted by molar-refractivity contribution is 5.53. The number of ether oxygens (including phenoxy) is 1. The first-order chi connectivity index (χ1) is 10.1. The van der Waals surface area contributed by atoms with E-state index in [2.05, 4.69) is 10.1 Å². The van der Waals surface area contributed by atoms with Gasteiger partial charge < -0.3 is 14.4 Å². The Morgan fingerprint density at radius 1 is 1.33 bits per heavy atom. The van der Waals surface area contributed by atoms with Crippen molar-refractivity contribution in [1.82, 2.24) is 15.0 Å². The molecule has 0 spiro atoms. The van der Waals surface area contributed by atoms with Gasteiger partial charge in [-0.1, -0.05) is 22.9 Å². The lowest BCUT2D eigenvalue weighted by Crippen LogP contribution is -2.31. The average Bonchev–Trinajstić information content (AvgIpc) is 2.88. The van der Waals surface area contributed by atoms with Crippen LogP contribution in [-0.4, -0.2) is 53.6 Å². The van der Waals surface area contributed by atoms with Crippen LogP contribution in [0.1, 0.15) is 11.4 Å². The fraction of sp³-hybridized carbons (Fsp3) is 0.467. The molecule has 0 amide bonds. The third kappa shape index (κ3) is 4.63. The number of aliphatic hydroxyl groups is 1. The first-order valence-corrected chi connectivity index (χ1v) is 6.83. The van der Waals surface area contributed by atoms with E-state index in [9.17, 15) is 5.11 Å². The summed E-state index contributed by atoms with van der Waals surface area (Å²) in [6.45, 7) is 3.34. The minimum absolute atomic E-state index is 0.311. The first-order valence-electron chi connectivity index (χ1n) is 6.83. The Labute approximate surface area is 124 Å². The summed E-state index contributed by atoms with van der Waals surface area (Å²) >= 11 is 0. The minimum atomic E-state index is -0.525. The molecule has 1 unspecified atom stereocenters. The standard InChI is InChI=1S/C15H21N3O3/c1-11-4-6-12(7-5-11)15-16-14(17-21-15)9-18(2)8-13(19)10-20-3/h4-7,13,19H,8-10H2,1-3H3. The quantitative estimate of drug-likeness (QED) is 0.833. The lowest BCUT2D eigenvalue weighted by Gasteiger charge is -2.18. The zero-order chi connectivity index (χ0) is 15.2. The van der Waals surface area contributed by atoms with E-state index >= 15 is 0 Å². The molecule has 2 rings (SSSR count). The molecule has 0 radical (unpaired) electrons. The summed E-state index contributed by atoms with van der Waals surface area (Å²) in [4.78, 5) is 6.30. The summed E-state index contributed by atoms with van der Waals surface area (Å²) in [6, 6.07) is 7.93. The van der Waals surface area contributed by atoms with Crippen molar-refractivity contribution in [2.75, 3.05) is 27.3 Å². The molecule has 1 heterocycles. The fourth-order valence-electron chi connectivity index (χ4n) is 2.04. The van der Waals surface area contributed by atoms with E-state index in [0.29, 0.717) is 31.4 Å². The van der Waals surface area contributed by atoms with Crippen LogP contribution in [0.25, 0.3) is 11.5 Å². The molecule has 1 N–H and O–H groups in total. The van der Waals surface area contributed by atoms with Gasteiger partial charge in [-0.3, -0.25) is 4.90 Å². The van der Waals surface area contributed by atoms with E-state index in [-0.39, 0.29) is 0 Å². The fourth-order valence-corrected chi connectivity index (χ4v) is 2.04. The highest BCUT2D eigenvalue weighted by Gasteiger charge is 2.13. The Morgan fingerprint density at radius 3 is 2.71 bits per heavy atom. The van der Waals surface area contributed by atoms with Crippen LogP contribution < -0.4 is 0 Å². The molecule has 0 saturated carbocycles. The molecule has 0 bridgehead atoms. The van der Waals surface area contributed by atoms with Crippen LogP contribution >= 0.6 is 0 Å². The highest BCUT2D eigenvalue weighted by Crippen LogP contribution is 2.17. The first kappa shape index (κ1) is 15.6. The number of nitrogens with zero attached hydrogens (tertiary/aromatic N) is 3. The molecule has 0 fully saturated rings. The molecule has 1 atom stereocenters. The summed E-state index contributed by atoms with van der Waals surface area (Å²) in [6.07, 6.45) is -0.525. The third-order valence-electron chi connectivity index (χ3n) is 3.06. The number of aliphatic hydroxyl groups excluding tert-OH is 1. The summed E-state index contributed by atoms with van der Waals surface area (Å²) < 4.78 is 10.2. The Balaban J connectivity index is 1.95. The Morgan fingerprint density at radius 2 is 2.05 bits per heavy atom. The van der Waals surface area contributed by atoms with Gasteiger partial charge in [-0.2, -0.15) is 4.98 Å². The zero-order valence-corrected chi connectivity index (χ0v) is 12.6. The van der Waals surface area contributed by atoms with Crippen molar-refractivity contribution in [2.45, 2.75) is 19.6 Å². The van der Waals surface area contributed by atoms with Gasteiger partial charge in [0.05, 0.1) is 19.3 Å². The van der Waals surface area contributed by atoms with Gasteiger partial charge in [0.15, 0.2) is 5.82 Å². The lowest BCUT2D eigenvalue weighted by molar-refractivity contribution is 0.0413. The molecule has 1 aromatic carbocycles. The predicted octanol–water partition coefficient (Wildman–Crippen LogP) is 1.48. The Bertz CT molecular complexity index is 554. The second-order valence-corrected chi connectivity index (χ2v) is 5.19. The van der Waals surface area contributed by atoms with Crippen LogP contribution in [-0.2, 0) is 11.3 Å². The van der Waals surface area contributed by atoms with Crippen molar-refractivity contribution in [3.63, 3.8) is 0 Å². The minimum Gasteiger partial charge on any atom is -0.389 e. The molecule has 0 aliphatic rings. The van der Waals surface area contributed by atoms with E-state index < -0.39 is 6.10 Å². The van der Waals surface area contributed by atoms with Crippen molar-refractivity contribution >= 4 is 0 Å². The topological polar surface area (TPSA) is 71.6 Å². The average molecular weight is 291 g/mol. The SMILES string of the molecule is COCC(O)CN(C)Cc1noc(-c2ccc(C)cc2)n1. The Kier molecular flexibility index (Phi) is 5.44. The van der Waals surface area contributed by atoms with Crippen LogP contribution in [0.5, 0.6) is 0 Å². The molecular weight excluding hydrogens is 270 g/mol. The van der Waals surface area contributed by atoms with Gasteiger partial charge >= 0.3 is 0 Å². The van der Waals surface area contributed by atoms with Gasteiger partial charge in [0.1, 0.15) is 0 Å². The maximum Gasteiger partial charge on any atom is 0.257 e. The summed E-state index contributed by atoms with van der Waals surface area (Å²) in [7, 11) is 3.46. The normalized spacial score (nSPS) is 12.8. The number of rotatable bonds is 7. The van der Waals surface area contributed by atoms with Gasteiger partial charge in [0.2, 0.25) is 0 Å². The number of aryl methyl sites for hydroxylation is 1. The van der Waals surface area contributed by atoms with Crippen molar-refractivity contribution in [3.8, 4) is 11.5 Å². The maximum absolute atomic E-state index is 9.68. The second kappa shape index (κ2) is 7.31. The van der Waals surface area contributed by atoms with Crippen LogP contribution in [0.4, 0.5) is 0 Å². The molecule has 114 valence electrons. The molecular formula is C15H21N3O3. The summed E-state index contributed by atoms with van der Waals surface area (Å²) in [5.41, 5.74) is 2.09. The molecule has 6 nitrogen and oxygen atoms in total. The van der Waals surface area contributed by atoms with Crippen LogP contribution in [0, 0.1) is 6.92 Å².